The highest BCUT2D eigenvalue weighted by atomic mass is 16.7. The van der Waals surface area contributed by atoms with E-state index in [0.29, 0.717) is 12.5 Å². The van der Waals surface area contributed by atoms with E-state index in [1.807, 2.05) is 30.3 Å². The van der Waals surface area contributed by atoms with Crippen molar-refractivity contribution in [1.82, 2.24) is 0 Å². The van der Waals surface area contributed by atoms with Crippen molar-refractivity contribution in [2.45, 2.75) is 24.8 Å². The maximum absolute atomic E-state index is 9.53. The van der Waals surface area contributed by atoms with Crippen LogP contribution in [0.2, 0.25) is 0 Å². The quantitative estimate of drug-likeness (QED) is 0.911. The fourth-order valence-electron chi connectivity index (χ4n) is 3.78. The summed E-state index contributed by atoms with van der Waals surface area (Å²) in [5, 5.41) is 9.53. The Morgan fingerprint density at radius 1 is 1.19 bits per heavy atom. The van der Waals surface area contributed by atoms with Crippen molar-refractivity contribution in [2.75, 3.05) is 20.3 Å². The van der Waals surface area contributed by atoms with Crippen LogP contribution >= 0.6 is 0 Å². The minimum Gasteiger partial charge on any atom is -0.396 e. The van der Waals surface area contributed by atoms with Gasteiger partial charge in [0.1, 0.15) is 6.10 Å². The Kier molecular flexibility index (Phi) is 3.47. The predicted molar refractivity (Wildman–Crippen MR) is 73.2 cm³/mol. The molecule has 5 nitrogen and oxygen atoms in total. The van der Waals surface area contributed by atoms with E-state index < -0.39 is 0 Å². The van der Waals surface area contributed by atoms with Gasteiger partial charge in [-0.05, 0) is 5.92 Å². The largest absolute Gasteiger partial charge is 0.396 e. The maximum atomic E-state index is 9.53. The first kappa shape index (κ1) is 13.7. The zero-order valence-electron chi connectivity index (χ0n) is 11.9. The zero-order valence-corrected chi connectivity index (χ0v) is 11.9. The summed E-state index contributed by atoms with van der Waals surface area (Å²) in [6.07, 6.45) is -0.755. The van der Waals surface area contributed by atoms with E-state index in [4.69, 9.17) is 18.9 Å². The predicted octanol–water partition coefficient (Wildman–Crippen LogP) is 1.33. The Morgan fingerprint density at radius 3 is 2.71 bits per heavy atom. The third kappa shape index (κ3) is 2.20. The van der Waals surface area contributed by atoms with E-state index in [1.54, 1.807) is 7.11 Å². The Hall–Kier alpha value is -0.980. The molecule has 1 N–H and O–H groups in total. The van der Waals surface area contributed by atoms with Gasteiger partial charge < -0.3 is 24.1 Å². The van der Waals surface area contributed by atoms with Gasteiger partial charge >= 0.3 is 0 Å². The van der Waals surface area contributed by atoms with Gasteiger partial charge in [0.25, 0.3) is 0 Å². The average Bonchev–Trinajstić information content (AvgIpc) is 3.29. The van der Waals surface area contributed by atoms with Crippen LogP contribution in [0.3, 0.4) is 0 Å². The molecule has 7 atom stereocenters. The summed E-state index contributed by atoms with van der Waals surface area (Å²) >= 11 is 0. The van der Waals surface area contributed by atoms with Crippen molar-refractivity contribution in [3.8, 4) is 0 Å². The van der Waals surface area contributed by atoms with Gasteiger partial charge in [-0.1, -0.05) is 30.3 Å². The van der Waals surface area contributed by atoms with Gasteiger partial charge in [0.15, 0.2) is 12.6 Å². The van der Waals surface area contributed by atoms with Crippen molar-refractivity contribution in [1.29, 1.82) is 0 Å². The molecule has 1 aliphatic carbocycles. The second-order valence-corrected chi connectivity index (χ2v) is 5.96. The summed E-state index contributed by atoms with van der Waals surface area (Å²) < 4.78 is 23.3. The lowest BCUT2D eigenvalue weighted by atomic mass is 10.0. The van der Waals surface area contributed by atoms with Crippen molar-refractivity contribution in [2.24, 2.45) is 17.8 Å². The molecule has 21 heavy (non-hydrogen) atoms. The molecule has 0 bridgehead atoms. The summed E-state index contributed by atoms with van der Waals surface area (Å²) in [6, 6.07) is 9.92. The minimum atomic E-state index is -0.351. The molecule has 2 saturated heterocycles. The molecule has 3 aliphatic rings. The molecule has 1 aromatic carbocycles. The topological polar surface area (TPSA) is 57.2 Å². The molecule has 2 aliphatic heterocycles. The number of benzene rings is 1. The first-order valence-corrected chi connectivity index (χ1v) is 7.44. The van der Waals surface area contributed by atoms with Gasteiger partial charge in [0, 0.05) is 31.1 Å². The van der Waals surface area contributed by atoms with Crippen LogP contribution < -0.4 is 0 Å². The summed E-state index contributed by atoms with van der Waals surface area (Å²) in [4.78, 5) is 0. The number of methoxy groups -OCH3 is 1. The van der Waals surface area contributed by atoms with Crippen LogP contribution in [0.25, 0.3) is 0 Å². The van der Waals surface area contributed by atoms with Crippen LogP contribution in [0, 0.1) is 17.8 Å². The van der Waals surface area contributed by atoms with Gasteiger partial charge in [0.2, 0.25) is 0 Å². The van der Waals surface area contributed by atoms with Crippen LogP contribution in [0.5, 0.6) is 0 Å². The number of aliphatic hydroxyl groups is 1. The molecule has 0 aromatic heterocycles. The SMILES string of the molecule is CO[C@H]1O[C@H]2CO[C@@H](c3ccccc3)O[C@@H]2[C@H]2[C@H](CO)[C@@H]12. The van der Waals surface area contributed by atoms with Crippen molar-refractivity contribution >= 4 is 0 Å². The Balaban J connectivity index is 1.52. The molecule has 0 amide bonds. The Morgan fingerprint density at radius 2 is 2.00 bits per heavy atom. The second kappa shape index (κ2) is 5.34. The van der Waals surface area contributed by atoms with E-state index in [-0.39, 0.29) is 43.2 Å². The standard InChI is InChI=1S/C16H20O5/c1-18-16-13-10(7-17)12(13)14-11(20-16)8-19-15(21-14)9-5-3-2-4-6-9/h2-6,10-17H,7-8H2,1H3/t10-,11-,12-,13+,14-,15+,16-/m0/s1. The molecule has 2 heterocycles. The van der Waals surface area contributed by atoms with Gasteiger partial charge in [-0.15, -0.1) is 0 Å². The summed E-state index contributed by atoms with van der Waals surface area (Å²) in [5.74, 6) is 0.740. The summed E-state index contributed by atoms with van der Waals surface area (Å²) in [6.45, 7) is 0.646. The van der Waals surface area contributed by atoms with Gasteiger partial charge in [-0.2, -0.15) is 0 Å². The van der Waals surface area contributed by atoms with E-state index >= 15 is 0 Å². The number of rotatable bonds is 3. The molecule has 5 heteroatoms. The average molecular weight is 292 g/mol. The van der Waals surface area contributed by atoms with Crippen molar-refractivity contribution in [3.63, 3.8) is 0 Å². The molecule has 1 aromatic rings. The zero-order chi connectivity index (χ0) is 14.4. The first-order chi connectivity index (χ1) is 10.3. The van der Waals surface area contributed by atoms with Crippen LogP contribution in [-0.2, 0) is 18.9 Å². The maximum Gasteiger partial charge on any atom is 0.184 e. The Bertz CT molecular complexity index is 493. The van der Waals surface area contributed by atoms with Crippen LogP contribution in [0.15, 0.2) is 30.3 Å². The molecule has 1 saturated carbocycles. The normalized spacial score (nSPS) is 44.8. The molecule has 114 valence electrons. The monoisotopic (exact) mass is 292 g/mol. The number of fused-ring (bicyclic) bond motifs is 3. The van der Waals surface area contributed by atoms with E-state index in [1.165, 1.54) is 0 Å². The molecule has 0 radical (unpaired) electrons. The Labute approximate surface area is 123 Å². The second-order valence-electron chi connectivity index (χ2n) is 5.96. The highest BCUT2D eigenvalue weighted by molar-refractivity contribution is 5.17. The highest BCUT2D eigenvalue weighted by Crippen LogP contribution is 2.57. The number of aliphatic hydroxyl groups excluding tert-OH is 1. The van der Waals surface area contributed by atoms with Crippen molar-refractivity contribution < 1.29 is 24.1 Å². The third-order valence-electron chi connectivity index (χ3n) is 4.87. The van der Waals surface area contributed by atoms with Crippen molar-refractivity contribution in [3.05, 3.63) is 35.9 Å². The third-order valence-corrected chi connectivity index (χ3v) is 4.87. The molecule has 0 unspecified atom stereocenters. The van der Waals surface area contributed by atoms with Gasteiger partial charge in [-0.25, -0.2) is 0 Å². The lowest BCUT2D eigenvalue weighted by Crippen LogP contribution is -2.49. The summed E-state index contributed by atoms with van der Waals surface area (Å²) in [5.41, 5.74) is 1.02. The smallest absolute Gasteiger partial charge is 0.184 e. The van der Waals surface area contributed by atoms with Gasteiger partial charge in [-0.3, -0.25) is 0 Å². The minimum absolute atomic E-state index is 0.0301. The lowest BCUT2D eigenvalue weighted by molar-refractivity contribution is -0.316. The van der Waals surface area contributed by atoms with E-state index in [9.17, 15) is 5.11 Å². The first-order valence-electron chi connectivity index (χ1n) is 7.44. The number of hydrogen-bond donors (Lipinski definition) is 1. The fraction of sp³-hybridized carbons (Fsp3) is 0.625. The molecule has 4 rings (SSSR count). The number of hydrogen-bond acceptors (Lipinski definition) is 5. The van der Waals surface area contributed by atoms with Gasteiger partial charge in [0.05, 0.1) is 12.7 Å². The van der Waals surface area contributed by atoms with Crippen LogP contribution in [0.4, 0.5) is 0 Å². The molecular formula is C16H20O5. The highest BCUT2D eigenvalue weighted by Gasteiger charge is 2.65. The molecular weight excluding hydrogens is 272 g/mol. The molecule has 0 spiro atoms. The van der Waals surface area contributed by atoms with E-state index in [2.05, 4.69) is 0 Å². The van der Waals surface area contributed by atoms with Crippen LogP contribution in [-0.4, -0.2) is 43.9 Å². The van der Waals surface area contributed by atoms with Crippen LogP contribution in [0.1, 0.15) is 11.9 Å². The fourth-order valence-corrected chi connectivity index (χ4v) is 3.78. The number of ether oxygens (including phenoxy) is 4. The summed E-state index contributed by atoms with van der Waals surface area (Å²) in [7, 11) is 1.64. The lowest BCUT2D eigenvalue weighted by Gasteiger charge is -2.41. The van der Waals surface area contributed by atoms with E-state index in [0.717, 1.165) is 5.56 Å². The molecule has 3 fully saturated rings.